The number of anilines is 1. The van der Waals surface area contributed by atoms with E-state index < -0.39 is 5.97 Å². The standard InChI is InChI=1S/C13H14N2O4/c16-11-8-14(10-4-2-1-3-5-10)9-12(17)15(11)7-6-13(18)19/h1-5H,6-9H2,(H,18,19). The van der Waals surface area contributed by atoms with Gasteiger partial charge in [0, 0.05) is 12.2 Å². The molecular weight excluding hydrogens is 248 g/mol. The van der Waals surface area contributed by atoms with Crippen molar-refractivity contribution in [3.63, 3.8) is 0 Å². The first-order chi connectivity index (χ1) is 9.08. The van der Waals surface area contributed by atoms with Gasteiger partial charge in [0.25, 0.3) is 0 Å². The van der Waals surface area contributed by atoms with Crippen LogP contribution in [0.1, 0.15) is 6.42 Å². The molecule has 1 N–H and O–H groups in total. The topological polar surface area (TPSA) is 77.9 Å². The Bertz CT molecular complexity index is 483. The number of aliphatic carboxylic acids is 1. The first-order valence-corrected chi connectivity index (χ1v) is 5.93. The highest BCUT2D eigenvalue weighted by molar-refractivity contribution is 6.02. The fourth-order valence-electron chi connectivity index (χ4n) is 1.97. The van der Waals surface area contributed by atoms with Gasteiger partial charge in [0.15, 0.2) is 0 Å². The van der Waals surface area contributed by atoms with Crippen molar-refractivity contribution >= 4 is 23.5 Å². The van der Waals surface area contributed by atoms with Gasteiger partial charge in [0.2, 0.25) is 11.8 Å². The molecule has 6 nitrogen and oxygen atoms in total. The molecule has 0 atom stereocenters. The second-order valence-electron chi connectivity index (χ2n) is 4.27. The Kier molecular flexibility index (Phi) is 3.79. The first-order valence-electron chi connectivity index (χ1n) is 5.93. The third-order valence-corrected chi connectivity index (χ3v) is 2.92. The predicted molar refractivity (Wildman–Crippen MR) is 67.6 cm³/mol. The average Bonchev–Trinajstić information content (AvgIpc) is 2.38. The molecule has 1 heterocycles. The molecule has 6 heteroatoms. The van der Waals surface area contributed by atoms with Crippen molar-refractivity contribution in [2.75, 3.05) is 24.5 Å². The zero-order chi connectivity index (χ0) is 13.8. The Morgan fingerprint density at radius 2 is 1.68 bits per heavy atom. The number of rotatable bonds is 4. The molecule has 100 valence electrons. The Balaban J connectivity index is 2.04. The van der Waals surface area contributed by atoms with Crippen LogP contribution in [-0.4, -0.2) is 47.4 Å². The summed E-state index contributed by atoms with van der Waals surface area (Å²) < 4.78 is 0. The summed E-state index contributed by atoms with van der Waals surface area (Å²) in [5.41, 5.74) is 0.807. The minimum atomic E-state index is -1.02. The molecular formula is C13H14N2O4. The number of nitrogens with zero attached hydrogens (tertiary/aromatic N) is 2. The van der Waals surface area contributed by atoms with Crippen molar-refractivity contribution in [2.45, 2.75) is 6.42 Å². The molecule has 0 bridgehead atoms. The quantitative estimate of drug-likeness (QED) is 0.791. The van der Waals surface area contributed by atoms with Gasteiger partial charge in [0.1, 0.15) is 0 Å². The fourth-order valence-corrected chi connectivity index (χ4v) is 1.97. The summed E-state index contributed by atoms with van der Waals surface area (Å²) in [4.78, 5) is 36.9. The largest absolute Gasteiger partial charge is 0.481 e. The van der Waals surface area contributed by atoms with E-state index in [1.807, 2.05) is 30.3 Å². The highest BCUT2D eigenvalue weighted by Gasteiger charge is 2.31. The number of carboxylic acids is 1. The maximum absolute atomic E-state index is 11.9. The number of carboxylic acid groups (broad SMARTS) is 1. The van der Waals surface area contributed by atoms with Gasteiger partial charge < -0.3 is 10.0 Å². The molecule has 2 rings (SSSR count). The highest BCUT2D eigenvalue weighted by atomic mass is 16.4. The number of benzene rings is 1. The van der Waals surface area contributed by atoms with Gasteiger partial charge in [-0.2, -0.15) is 0 Å². The van der Waals surface area contributed by atoms with E-state index in [1.165, 1.54) is 0 Å². The van der Waals surface area contributed by atoms with Gasteiger partial charge in [-0.1, -0.05) is 18.2 Å². The lowest BCUT2D eigenvalue weighted by Gasteiger charge is -2.33. The van der Waals surface area contributed by atoms with Crippen molar-refractivity contribution < 1.29 is 19.5 Å². The number of imide groups is 1. The van der Waals surface area contributed by atoms with Gasteiger partial charge in [0.05, 0.1) is 19.5 Å². The molecule has 0 spiro atoms. The maximum atomic E-state index is 11.9. The molecule has 0 radical (unpaired) electrons. The average molecular weight is 262 g/mol. The van der Waals surface area contributed by atoms with E-state index in [2.05, 4.69) is 0 Å². The predicted octanol–water partition coefficient (Wildman–Crippen LogP) is 0.336. The van der Waals surface area contributed by atoms with Crippen LogP contribution in [-0.2, 0) is 14.4 Å². The second kappa shape index (κ2) is 5.51. The maximum Gasteiger partial charge on any atom is 0.305 e. The van der Waals surface area contributed by atoms with Crippen molar-refractivity contribution in [3.8, 4) is 0 Å². The van der Waals surface area contributed by atoms with Crippen LogP contribution < -0.4 is 4.90 Å². The fraction of sp³-hybridized carbons (Fsp3) is 0.308. The summed E-state index contributed by atoms with van der Waals surface area (Å²) in [5.74, 6) is -1.74. The lowest BCUT2D eigenvalue weighted by molar-refractivity contribution is -0.146. The number of hydrogen-bond donors (Lipinski definition) is 1. The summed E-state index contributed by atoms with van der Waals surface area (Å²) in [7, 11) is 0. The molecule has 0 aromatic heterocycles. The van der Waals surface area contributed by atoms with Gasteiger partial charge in [-0.25, -0.2) is 0 Å². The number of carbonyl (C=O) groups excluding carboxylic acids is 2. The molecule has 1 aliphatic heterocycles. The zero-order valence-corrected chi connectivity index (χ0v) is 10.3. The van der Waals surface area contributed by atoms with Crippen molar-refractivity contribution in [1.82, 2.24) is 4.90 Å². The van der Waals surface area contributed by atoms with Crippen LogP contribution in [0.2, 0.25) is 0 Å². The number of para-hydroxylation sites is 1. The summed E-state index contributed by atoms with van der Waals surface area (Å²) >= 11 is 0. The molecule has 19 heavy (non-hydrogen) atoms. The Hall–Kier alpha value is -2.37. The molecule has 0 saturated carbocycles. The van der Waals surface area contributed by atoms with Gasteiger partial charge in [-0.3, -0.25) is 19.3 Å². The van der Waals surface area contributed by atoms with Crippen LogP contribution in [0.3, 0.4) is 0 Å². The van der Waals surface area contributed by atoms with Crippen LogP contribution in [0.15, 0.2) is 30.3 Å². The molecule has 1 fully saturated rings. The summed E-state index contributed by atoms with van der Waals surface area (Å²) in [6.45, 7) is 0.125. The number of piperazine rings is 1. The molecule has 1 aromatic carbocycles. The minimum absolute atomic E-state index is 0.0599. The van der Waals surface area contributed by atoms with Crippen LogP contribution in [0.25, 0.3) is 0 Å². The number of carbonyl (C=O) groups is 3. The summed E-state index contributed by atoms with van der Waals surface area (Å²) in [6.07, 6.45) is -0.219. The molecule has 1 aromatic rings. The van der Waals surface area contributed by atoms with Gasteiger partial charge >= 0.3 is 5.97 Å². The lowest BCUT2D eigenvalue weighted by Crippen LogP contribution is -2.54. The van der Waals surface area contributed by atoms with E-state index in [0.29, 0.717) is 0 Å². The van der Waals surface area contributed by atoms with Crippen LogP contribution in [0.5, 0.6) is 0 Å². The minimum Gasteiger partial charge on any atom is -0.481 e. The second-order valence-corrected chi connectivity index (χ2v) is 4.27. The van der Waals surface area contributed by atoms with Gasteiger partial charge in [-0.15, -0.1) is 0 Å². The Morgan fingerprint density at radius 3 is 2.21 bits per heavy atom. The monoisotopic (exact) mass is 262 g/mol. The van der Waals surface area contributed by atoms with Crippen molar-refractivity contribution in [2.24, 2.45) is 0 Å². The van der Waals surface area contributed by atoms with Crippen LogP contribution in [0, 0.1) is 0 Å². The molecule has 0 unspecified atom stereocenters. The molecule has 1 saturated heterocycles. The van der Waals surface area contributed by atoms with Crippen molar-refractivity contribution in [3.05, 3.63) is 30.3 Å². The van der Waals surface area contributed by atoms with E-state index in [-0.39, 0.29) is 37.9 Å². The summed E-state index contributed by atoms with van der Waals surface area (Å²) in [6, 6.07) is 9.18. The first kappa shape index (κ1) is 13.1. The highest BCUT2D eigenvalue weighted by Crippen LogP contribution is 2.16. The van der Waals surface area contributed by atoms with E-state index in [1.54, 1.807) is 4.90 Å². The van der Waals surface area contributed by atoms with Crippen LogP contribution >= 0.6 is 0 Å². The smallest absolute Gasteiger partial charge is 0.305 e. The third-order valence-electron chi connectivity index (χ3n) is 2.92. The third kappa shape index (κ3) is 3.09. The SMILES string of the molecule is O=C(O)CCN1C(=O)CN(c2ccccc2)CC1=O. The van der Waals surface area contributed by atoms with Crippen molar-refractivity contribution in [1.29, 1.82) is 0 Å². The number of amides is 2. The Morgan fingerprint density at radius 1 is 1.11 bits per heavy atom. The van der Waals surface area contributed by atoms with E-state index in [9.17, 15) is 14.4 Å². The van der Waals surface area contributed by atoms with Gasteiger partial charge in [-0.05, 0) is 12.1 Å². The zero-order valence-electron chi connectivity index (χ0n) is 10.3. The number of hydrogen-bond acceptors (Lipinski definition) is 4. The van der Waals surface area contributed by atoms with E-state index in [4.69, 9.17) is 5.11 Å². The lowest BCUT2D eigenvalue weighted by atomic mass is 10.2. The van der Waals surface area contributed by atoms with E-state index in [0.717, 1.165) is 10.6 Å². The normalized spacial score (nSPS) is 15.8. The molecule has 2 amide bonds. The molecule has 1 aliphatic rings. The Labute approximate surface area is 110 Å². The summed E-state index contributed by atoms with van der Waals surface area (Å²) in [5, 5.41) is 8.59. The molecule has 0 aliphatic carbocycles. The van der Waals surface area contributed by atoms with E-state index >= 15 is 0 Å². The van der Waals surface area contributed by atoms with Crippen LogP contribution in [0.4, 0.5) is 5.69 Å².